The summed E-state index contributed by atoms with van der Waals surface area (Å²) < 4.78 is 0. The Bertz CT molecular complexity index is 827. The third-order valence-corrected chi connectivity index (χ3v) is 5.06. The van der Waals surface area contributed by atoms with Crippen molar-refractivity contribution in [3.05, 3.63) is 54.1 Å². The lowest BCUT2D eigenvalue weighted by Gasteiger charge is -2.34. The van der Waals surface area contributed by atoms with E-state index >= 15 is 0 Å². The van der Waals surface area contributed by atoms with Crippen LogP contribution in [0.1, 0.15) is 12.5 Å². The highest BCUT2D eigenvalue weighted by atomic mass is 16.2. The lowest BCUT2D eigenvalue weighted by Crippen LogP contribution is -2.44. The van der Waals surface area contributed by atoms with E-state index in [2.05, 4.69) is 22.2 Å². The van der Waals surface area contributed by atoms with Gasteiger partial charge in [0.2, 0.25) is 0 Å². The van der Waals surface area contributed by atoms with Crippen LogP contribution in [0.15, 0.2) is 48.5 Å². The first kappa shape index (κ1) is 19.9. The zero-order valence-electron chi connectivity index (χ0n) is 16.8. The molecule has 0 radical (unpaired) electrons. The molecule has 0 unspecified atom stereocenters. The summed E-state index contributed by atoms with van der Waals surface area (Å²) in [7, 11) is 2.13. The average Bonchev–Trinajstić information content (AvgIpc) is 2.70. The molecule has 2 aromatic carbocycles. The number of carbonyl (C=O) groups excluding carboxylic acids is 2. The van der Waals surface area contributed by atoms with Gasteiger partial charge >= 0.3 is 11.8 Å². The summed E-state index contributed by atoms with van der Waals surface area (Å²) in [5, 5.41) is 2.72. The number of hydrogen-bond acceptors (Lipinski definition) is 4. The quantitative estimate of drug-likeness (QED) is 0.829. The molecule has 0 saturated carbocycles. The highest BCUT2D eigenvalue weighted by Gasteiger charge is 2.22. The molecule has 1 N–H and O–H groups in total. The number of likely N-dealkylation sites (N-methyl/N-ethyl adjacent to an activating group) is 2. The summed E-state index contributed by atoms with van der Waals surface area (Å²) in [4.78, 5) is 31.2. The van der Waals surface area contributed by atoms with Gasteiger partial charge in [-0.2, -0.15) is 0 Å². The number of rotatable bonds is 4. The lowest BCUT2D eigenvalue weighted by molar-refractivity contribution is -0.134. The number of nitrogens with one attached hydrogen (secondary N) is 1. The smallest absolute Gasteiger partial charge is 0.316 e. The topological polar surface area (TPSA) is 55.9 Å². The average molecular weight is 380 g/mol. The molecule has 0 bridgehead atoms. The Kier molecular flexibility index (Phi) is 6.31. The van der Waals surface area contributed by atoms with Crippen molar-refractivity contribution in [2.45, 2.75) is 13.8 Å². The van der Waals surface area contributed by atoms with Crippen LogP contribution in [-0.2, 0) is 9.59 Å². The molecule has 0 aliphatic carbocycles. The van der Waals surface area contributed by atoms with Gasteiger partial charge in [-0.3, -0.25) is 9.59 Å². The van der Waals surface area contributed by atoms with E-state index in [0.717, 1.165) is 43.1 Å². The van der Waals surface area contributed by atoms with Gasteiger partial charge in [0.05, 0.1) is 0 Å². The van der Waals surface area contributed by atoms with Crippen molar-refractivity contribution in [1.29, 1.82) is 0 Å². The Balaban J connectivity index is 1.64. The molecule has 6 heteroatoms. The van der Waals surface area contributed by atoms with E-state index in [1.807, 2.05) is 62.4 Å². The molecule has 1 aliphatic rings. The molecule has 1 saturated heterocycles. The largest absolute Gasteiger partial charge is 0.369 e. The van der Waals surface area contributed by atoms with Crippen LogP contribution in [0.25, 0.3) is 0 Å². The maximum Gasteiger partial charge on any atom is 0.316 e. The first-order chi connectivity index (χ1) is 13.5. The van der Waals surface area contributed by atoms with Crippen LogP contribution >= 0.6 is 0 Å². The monoisotopic (exact) mass is 380 g/mol. The number of aryl methyl sites for hydroxylation is 1. The number of nitrogens with zero attached hydrogens (tertiary/aromatic N) is 3. The number of hydrogen-bond donors (Lipinski definition) is 1. The number of benzene rings is 2. The summed E-state index contributed by atoms with van der Waals surface area (Å²) >= 11 is 0. The molecule has 2 aromatic rings. The highest BCUT2D eigenvalue weighted by molar-refractivity contribution is 6.44. The van der Waals surface area contributed by atoms with Crippen LogP contribution in [0.5, 0.6) is 0 Å². The molecule has 28 heavy (non-hydrogen) atoms. The van der Waals surface area contributed by atoms with Crippen LogP contribution in [0.4, 0.5) is 17.1 Å². The first-order valence-electron chi connectivity index (χ1n) is 9.71. The summed E-state index contributed by atoms with van der Waals surface area (Å²) in [6, 6.07) is 15.3. The normalized spacial score (nSPS) is 14.6. The Labute approximate surface area is 166 Å². The van der Waals surface area contributed by atoms with Gasteiger partial charge in [-0.05, 0) is 62.9 Å². The minimum absolute atomic E-state index is 0.429. The molecule has 0 spiro atoms. The summed E-state index contributed by atoms with van der Waals surface area (Å²) in [5.74, 6) is -1.19. The lowest BCUT2D eigenvalue weighted by atomic mass is 10.2. The van der Waals surface area contributed by atoms with Crippen molar-refractivity contribution in [1.82, 2.24) is 4.90 Å². The van der Waals surface area contributed by atoms with E-state index in [1.54, 1.807) is 0 Å². The molecule has 3 rings (SSSR count). The summed E-state index contributed by atoms with van der Waals surface area (Å²) in [6.07, 6.45) is 0. The zero-order chi connectivity index (χ0) is 20.1. The highest BCUT2D eigenvalue weighted by Crippen LogP contribution is 2.20. The number of amides is 2. The molecule has 6 nitrogen and oxygen atoms in total. The molecule has 0 aromatic heterocycles. The van der Waals surface area contributed by atoms with Crippen LogP contribution < -0.4 is 15.1 Å². The van der Waals surface area contributed by atoms with E-state index in [4.69, 9.17) is 0 Å². The van der Waals surface area contributed by atoms with Crippen molar-refractivity contribution >= 4 is 28.9 Å². The van der Waals surface area contributed by atoms with Crippen molar-refractivity contribution in [2.24, 2.45) is 0 Å². The van der Waals surface area contributed by atoms with Gasteiger partial charge in [0.1, 0.15) is 0 Å². The third-order valence-electron chi connectivity index (χ3n) is 5.06. The second-order valence-corrected chi connectivity index (χ2v) is 7.18. The minimum Gasteiger partial charge on any atom is -0.369 e. The molecular weight excluding hydrogens is 352 g/mol. The maximum absolute atomic E-state index is 12.6. The number of carbonyl (C=O) groups is 2. The first-order valence-corrected chi connectivity index (χ1v) is 9.71. The minimum atomic E-state index is -0.629. The van der Waals surface area contributed by atoms with Crippen LogP contribution in [0.3, 0.4) is 0 Å². The molecule has 2 amide bonds. The van der Waals surface area contributed by atoms with Gasteiger partial charge in [0, 0.05) is 49.8 Å². The molecule has 148 valence electrons. The Hall–Kier alpha value is -2.86. The van der Waals surface area contributed by atoms with Crippen LogP contribution in [-0.4, -0.2) is 56.5 Å². The number of piperazine rings is 1. The predicted molar refractivity (Wildman–Crippen MR) is 114 cm³/mol. The third kappa shape index (κ3) is 4.70. The Morgan fingerprint density at radius 1 is 1.04 bits per heavy atom. The predicted octanol–water partition coefficient (Wildman–Crippen LogP) is 2.74. The SMILES string of the molecule is CCN(C(=O)C(=O)Nc1ccc(N2CCN(C)CC2)cc1)c1cccc(C)c1. The van der Waals surface area contributed by atoms with Crippen molar-refractivity contribution in [2.75, 3.05) is 54.9 Å². The van der Waals surface area contributed by atoms with Gasteiger partial charge in [-0.25, -0.2) is 0 Å². The van der Waals surface area contributed by atoms with Gasteiger partial charge in [-0.1, -0.05) is 12.1 Å². The second kappa shape index (κ2) is 8.89. The van der Waals surface area contributed by atoms with Crippen molar-refractivity contribution < 1.29 is 9.59 Å². The van der Waals surface area contributed by atoms with E-state index < -0.39 is 11.8 Å². The van der Waals surface area contributed by atoms with Crippen LogP contribution in [0.2, 0.25) is 0 Å². The molecular formula is C22H28N4O2. The standard InChI is InChI=1S/C22H28N4O2/c1-4-26(20-7-5-6-17(2)16-20)22(28)21(27)23-18-8-10-19(11-9-18)25-14-12-24(3)13-15-25/h5-11,16H,4,12-15H2,1-3H3,(H,23,27). The molecule has 1 aliphatic heterocycles. The fourth-order valence-electron chi connectivity index (χ4n) is 3.37. The number of anilines is 3. The van der Waals surface area contributed by atoms with Crippen LogP contribution in [0, 0.1) is 6.92 Å². The zero-order valence-corrected chi connectivity index (χ0v) is 16.8. The fourth-order valence-corrected chi connectivity index (χ4v) is 3.37. The molecule has 1 fully saturated rings. The maximum atomic E-state index is 12.6. The van der Waals surface area contributed by atoms with Gasteiger partial charge in [0.15, 0.2) is 0 Å². The van der Waals surface area contributed by atoms with Gasteiger partial charge in [-0.15, -0.1) is 0 Å². The Morgan fingerprint density at radius 3 is 2.32 bits per heavy atom. The summed E-state index contributed by atoms with van der Waals surface area (Å²) in [5.41, 5.74) is 3.53. The van der Waals surface area contributed by atoms with E-state index in [0.29, 0.717) is 12.2 Å². The summed E-state index contributed by atoms with van der Waals surface area (Å²) in [6.45, 7) is 8.31. The molecule has 1 heterocycles. The van der Waals surface area contributed by atoms with Crippen molar-refractivity contribution in [3.63, 3.8) is 0 Å². The van der Waals surface area contributed by atoms with E-state index in [1.165, 1.54) is 4.90 Å². The Morgan fingerprint density at radius 2 is 1.71 bits per heavy atom. The molecule has 0 atom stereocenters. The van der Waals surface area contributed by atoms with Gasteiger partial charge in [0.25, 0.3) is 0 Å². The van der Waals surface area contributed by atoms with Gasteiger partial charge < -0.3 is 20.0 Å². The second-order valence-electron chi connectivity index (χ2n) is 7.18. The van der Waals surface area contributed by atoms with Crippen molar-refractivity contribution in [3.8, 4) is 0 Å². The van der Waals surface area contributed by atoms with E-state index in [9.17, 15) is 9.59 Å². The fraction of sp³-hybridized carbons (Fsp3) is 0.364. The van der Waals surface area contributed by atoms with E-state index in [-0.39, 0.29) is 0 Å².